The number of para-hydroxylation sites is 6. The van der Waals surface area contributed by atoms with Gasteiger partial charge >= 0.3 is 0 Å². The first-order valence-corrected chi connectivity index (χ1v) is 10.5. The van der Waals surface area contributed by atoms with Crippen LogP contribution in [-0.2, 0) is 14.1 Å². The maximum atomic E-state index is 4.68. The van der Waals surface area contributed by atoms with E-state index >= 15 is 0 Å². The van der Waals surface area contributed by atoms with Gasteiger partial charge in [0.15, 0.2) is 0 Å². The summed E-state index contributed by atoms with van der Waals surface area (Å²) >= 11 is 0. The maximum absolute atomic E-state index is 4.68. The SMILES string of the molecule is Cn1c2ccccc2c2ccccc21.Cn1c2ccccc2n2c3ccccc3nc12. The van der Waals surface area contributed by atoms with Gasteiger partial charge in [-0.15, -0.1) is 0 Å². The second kappa shape index (κ2) is 6.74. The monoisotopic (exact) mass is 402 g/mol. The zero-order valence-electron chi connectivity index (χ0n) is 17.5. The number of fused-ring (bicyclic) bond motifs is 8. The van der Waals surface area contributed by atoms with E-state index in [0.29, 0.717) is 0 Å². The van der Waals surface area contributed by atoms with Gasteiger partial charge in [-0.25, -0.2) is 4.98 Å². The van der Waals surface area contributed by atoms with Gasteiger partial charge < -0.3 is 9.13 Å². The van der Waals surface area contributed by atoms with E-state index in [2.05, 4.69) is 124 Å². The van der Waals surface area contributed by atoms with Gasteiger partial charge in [0.1, 0.15) is 0 Å². The van der Waals surface area contributed by atoms with Crippen molar-refractivity contribution >= 4 is 49.7 Å². The number of hydrogen-bond donors (Lipinski definition) is 0. The topological polar surface area (TPSA) is 27.2 Å². The second-order valence-electron chi connectivity index (χ2n) is 7.88. The molecule has 31 heavy (non-hydrogen) atoms. The van der Waals surface area contributed by atoms with Gasteiger partial charge in [-0.2, -0.15) is 0 Å². The summed E-state index contributed by atoms with van der Waals surface area (Å²) in [5, 5.41) is 2.68. The van der Waals surface area contributed by atoms with Crippen LogP contribution < -0.4 is 0 Å². The minimum atomic E-state index is 0.993. The highest BCUT2D eigenvalue weighted by Crippen LogP contribution is 2.27. The Morgan fingerprint density at radius 1 is 0.484 bits per heavy atom. The smallest absolute Gasteiger partial charge is 0.215 e. The van der Waals surface area contributed by atoms with Crippen molar-refractivity contribution in [2.45, 2.75) is 0 Å². The molecule has 3 aromatic heterocycles. The van der Waals surface area contributed by atoms with Crippen LogP contribution in [0.3, 0.4) is 0 Å². The molecule has 0 amide bonds. The quantitative estimate of drug-likeness (QED) is 0.292. The summed E-state index contributed by atoms with van der Waals surface area (Å²) in [4.78, 5) is 4.68. The molecule has 0 atom stereocenters. The molecule has 0 bridgehead atoms. The first kappa shape index (κ1) is 17.8. The molecule has 0 saturated carbocycles. The summed E-state index contributed by atoms with van der Waals surface area (Å²) in [6, 6.07) is 33.7. The van der Waals surface area contributed by atoms with E-state index in [0.717, 1.165) is 11.3 Å². The normalized spacial score (nSPS) is 11.5. The molecule has 0 saturated heterocycles. The van der Waals surface area contributed by atoms with Gasteiger partial charge in [0.25, 0.3) is 0 Å². The largest absolute Gasteiger partial charge is 0.344 e. The third-order valence-corrected chi connectivity index (χ3v) is 6.15. The Labute approximate surface area is 179 Å². The lowest BCUT2D eigenvalue weighted by Crippen LogP contribution is -1.87. The van der Waals surface area contributed by atoms with Crippen molar-refractivity contribution < 1.29 is 0 Å². The van der Waals surface area contributed by atoms with Crippen LogP contribution in [0.5, 0.6) is 0 Å². The van der Waals surface area contributed by atoms with Gasteiger partial charge in [0.05, 0.1) is 22.1 Å². The lowest BCUT2D eigenvalue weighted by Gasteiger charge is -1.95. The zero-order valence-corrected chi connectivity index (χ0v) is 17.5. The Morgan fingerprint density at radius 2 is 0.968 bits per heavy atom. The minimum absolute atomic E-state index is 0.993. The number of rotatable bonds is 0. The van der Waals surface area contributed by atoms with Gasteiger partial charge in [0.2, 0.25) is 5.78 Å². The van der Waals surface area contributed by atoms with Crippen LogP contribution in [0.4, 0.5) is 0 Å². The highest BCUT2D eigenvalue weighted by Gasteiger charge is 2.12. The van der Waals surface area contributed by atoms with Crippen molar-refractivity contribution in [3.63, 3.8) is 0 Å². The van der Waals surface area contributed by atoms with E-state index in [1.165, 1.54) is 38.4 Å². The predicted molar refractivity (Wildman–Crippen MR) is 130 cm³/mol. The first-order chi connectivity index (χ1) is 15.2. The summed E-state index contributed by atoms with van der Waals surface area (Å²) in [6.07, 6.45) is 0. The van der Waals surface area contributed by atoms with E-state index in [1.807, 2.05) is 6.07 Å². The van der Waals surface area contributed by atoms with E-state index in [-0.39, 0.29) is 0 Å². The van der Waals surface area contributed by atoms with Gasteiger partial charge in [-0.05, 0) is 36.4 Å². The van der Waals surface area contributed by atoms with E-state index in [1.54, 1.807) is 0 Å². The predicted octanol–water partition coefficient (Wildman–Crippen LogP) is 6.31. The number of benzene rings is 4. The number of aryl methyl sites for hydroxylation is 2. The Balaban J connectivity index is 0.000000122. The molecule has 3 heterocycles. The summed E-state index contributed by atoms with van der Waals surface area (Å²) in [6.45, 7) is 0. The molecule has 0 spiro atoms. The standard InChI is InChI=1S/C14H11N3.C13H11N/c1-16-12-8-4-5-9-13(12)17-11-7-3-2-6-10(11)15-14(16)17;1-14-12-8-4-2-6-10(12)11-7-3-5-9-13(11)14/h2-9H,1H3;2-9H,1H3. The van der Waals surface area contributed by atoms with E-state index in [4.69, 9.17) is 0 Å². The van der Waals surface area contributed by atoms with Crippen molar-refractivity contribution in [1.82, 2.24) is 18.5 Å². The van der Waals surface area contributed by atoms with Crippen LogP contribution in [0.1, 0.15) is 0 Å². The number of aromatic nitrogens is 4. The molecule has 4 heteroatoms. The maximum Gasteiger partial charge on any atom is 0.215 e. The van der Waals surface area contributed by atoms with Crippen molar-refractivity contribution in [3.05, 3.63) is 97.1 Å². The van der Waals surface area contributed by atoms with E-state index in [9.17, 15) is 0 Å². The fourth-order valence-corrected chi connectivity index (χ4v) is 4.64. The Kier molecular flexibility index (Phi) is 3.87. The number of nitrogens with zero attached hydrogens (tertiary/aromatic N) is 4. The molecule has 0 aliphatic carbocycles. The summed E-state index contributed by atoms with van der Waals surface area (Å²) in [5.41, 5.74) is 7.23. The van der Waals surface area contributed by atoms with Crippen molar-refractivity contribution in [2.24, 2.45) is 14.1 Å². The highest BCUT2D eigenvalue weighted by molar-refractivity contribution is 6.07. The third-order valence-electron chi connectivity index (χ3n) is 6.15. The van der Waals surface area contributed by atoms with Gasteiger partial charge in [0, 0.05) is 35.9 Å². The lowest BCUT2D eigenvalue weighted by atomic mass is 10.2. The Hall–Kier alpha value is -4.05. The Morgan fingerprint density at radius 3 is 1.61 bits per heavy atom. The molecule has 0 aliphatic heterocycles. The highest BCUT2D eigenvalue weighted by atomic mass is 15.2. The summed E-state index contributed by atoms with van der Waals surface area (Å²) in [7, 11) is 4.17. The molecule has 0 N–H and O–H groups in total. The number of hydrogen-bond acceptors (Lipinski definition) is 1. The van der Waals surface area contributed by atoms with Crippen molar-refractivity contribution in [3.8, 4) is 0 Å². The molecule has 0 unspecified atom stereocenters. The van der Waals surface area contributed by atoms with Crippen LogP contribution in [0, 0.1) is 0 Å². The zero-order chi connectivity index (χ0) is 20.9. The molecule has 0 fully saturated rings. The Bertz CT molecular complexity index is 1660. The van der Waals surface area contributed by atoms with Gasteiger partial charge in [-0.1, -0.05) is 60.7 Å². The van der Waals surface area contributed by atoms with Crippen LogP contribution in [0.2, 0.25) is 0 Å². The lowest BCUT2D eigenvalue weighted by molar-refractivity contribution is 0.973. The van der Waals surface area contributed by atoms with Crippen molar-refractivity contribution in [2.75, 3.05) is 0 Å². The second-order valence-corrected chi connectivity index (χ2v) is 7.88. The molecular formula is C27H22N4. The minimum Gasteiger partial charge on any atom is -0.344 e. The van der Waals surface area contributed by atoms with Crippen LogP contribution in [-0.4, -0.2) is 18.5 Å². The third kappa shape index (κ3) is 2.58. The van der Waals surface area contributed by atoms with Crippen LogP contribution in [0.15, 0.2) is 97.1 Å². The summed E-state index contributed by atoms with van der Waals surface area (Å²) < 4.78 is 6.59. The molecule has 7 rings (SSSR count). The molecule has 7 aromatic rings. The molecule has 0 aliphatic rings. The molecule has 4 aromatic carbocycles. The molecule has 0 radical (unpaired) electrons. The van der Waals surface area contributed by atoms with Gasteiger partial charge in [-0.3, -0.25) is 4.40 Å². The average Bonchev–Trinajstić information content (AvgIpc) is 3.44. The fraction of sp³-hybridized carbons (Fsp3) is 0.0741. The van der Waals surface area contributed by atoms with Crippen molar-refractivity contribution in [1.29, 1.82) is 0 Å². The first-order valence-electron chi connectivity index (χ1n) is 10.5. The van der Waals surface area contributed by atoms with E-state index < -0.39 is 0 Å². The molecule has 4 nitrogen and oxygen atoms in total. The fourth-order valence-electron chi connectivity index (χ4n) is 4.64. The van der Waals surface area contributed by atoms with Crippen LogP contribution in [0.25, 0.3) is 49.7 Å². The molecule has 150 valence electrons. The number of imidazole rings is 2. The summed E-state index contributed by atoms with van der Waals surface area (Å²) in [5.74, 6) is 0.993. The van der Waals surface area contributed by atoms with Crippen LogP contribution >= 0.6 is 0 Å². The molecular weight excluding hydrogens is 380 g/mol. The average molecular weight is 403 g/mol.